The van der Waals surface area contributed by atoms with E-state index in [1.807, 2.05) is 30.3 Å². The maximum absolute atomic E-state index is 11.9. The van der Waals surface area contributed by atoms with Gasteiger partial charge in [-0.1, -0.05) is 36.4 Å². The lowest BCUT2D eigenvalue weighted by Gasteiger charge is -2.22. The van der Waals surface area contributed by atoms with E-state index in [1.165, 1.54) is 6.08 Å². The molecule has 0 fully saturated rings. The van der Waals surface area contributed by atoms with Crippen molar-refractivity contribution in [2.75, 3.05) is 6.26 Å². The molecular weight excluding hydrogens is 302 g/mol. The van der Waals surface area contributed by atoms with Crippen LogP contribution in [0.5, 0.6) is 0 Å². The Hall–Kier alpha value is -1.82. The molecule has 1 amide bonds. The smallest absolute Gasteiger partial charge is 0.408 e. The fourth-order valence-electron chi connectivity index (χ4n) is 1.73. The van der Waals surface area contributed by atoms with E-state index in [0.29, 0.717) is 6.42 Å². The first-order valence-electron chi connectivity index (χ1n) is 6.97. The molecule has 5 nitrogen and oxygen atoms in total. The van der Waals surface area contributed by atoms with Gasteiger partial charge in [0.1, 0.15) is 5.60 Å². The molecule has 0 unspecified atom stereocenters. The van der Waals surface area contributed by atoms with E-state index in [4.69, 9.17) is 4.74 Å². The maximum Gasteiger partial charge on any atom is 0.408 e. The summed E-state index contributed by atoms with van der Waals surface area (Å²) in [4.78, 5) is 11.9. The molecule has 0 aromatic heterocycles. The SMILES string of the molecule is CC(C)(C)OC(=O)N[C@H](/C=C/S(C)(=O)=O)Cc1ccccc1. The lowest BCUT2D eigenvalue weighted by atomic mass is 10.1. The zero-order valence-corrected chi connectivity index (χ0v) is 14.2. The molecule has 0 aliphatic carbocycles. The van der Waals surface area contributed by atoms with Crippen molar-refractivity contribution >= 4 is 15.9 Å². The van der Waals surface area contributed by atoms with E-state index in [9.17, 15) is 13.2 Å². The number of amides is 1. The van der Waals surface area contributed by atoms with Crippen molar-refractivity contribution in [2.24, 2.45) is 0 Å². The zero-order valence-electron chi connectivity index (χ0n) is 13.4. The van der Waals surface area contributed by atoms with Crippen molar-refractivity contribution in [3.05, 3.63) is 47.4 Å². The summed E-state index contributed by atoms with van der Waals surface area (Å²) in [7, 11) is -3.26. The van der Waals surface area contributed by atoms with E-state index >= 15 is 0 Å². The van der Waals surface area contributed by atoms with Crippen molar-refractivity contribution in [3.63, 3.8) is 0 Å². The highest BCUT2D eigenvalue weighted by Crippen LogP contribution is 2.09. The van der Waals surface area contributed by atoms with Crippen LogP contribution in [0.25, 0.3) is 0 Å². The number of sulfone groups is 1. The van der Waals surface area contributed by atoms with Crippen LogP contribution in [-0.4, -0.2) is 32.4 Å². The van der Waals surface area contributed by atoms with Crippen LogP contribution in [0.15, 0.2) is 41.8 Å². The van der Waals surface area contributed by atoms with Crippen LogP contribution in [0, 0.1) is 0 Å². The van der Waals surface area contributed by atoms with E-state index < -0.39 is 27.6 Å². The van der Waals surface area contributed by atoms with Gasteiger partial charge in [0.05, 0.1) is 6.04 Å². The molecule has 0 bridgehead atoms. The molecule has 0 radical (unpaired) electrons. The highest BCUT2D eigenvalue weighted by Gasteiger charge is 2.18. The Morgan fingerprint density at radius 3 is 2.36 bits per heavy atom. The molecule has 0 heterocycles. The molecule has 0 aliphatic heterocycles. The molecule has 1 N–H and O–H groups in total. The summed E-state index contributed by atoms with van der Waals surface area (Å²) >= 11 is 0. The van der Waals surface area contributed by atoms with Crippen LogP contribution >= 0.6 is 0 Å². The van der Waals surface area contributed by atoms with Gasteiger partial charge in [-0.3, -0.25) is 0 Å². The maximum atomic E-state index is 11.9. The van der Waals surface area contributed by atoms with E-state index in [2.05, 4.69) is 5.32 Å². The van der Waals surface area contributed by atoms with Gasteiger partial charge >= 0.3 is 6.09 Å². The van der Waals surface area contributed by atoms with Gasteiger partial charge in [0.15, 0.2) is 9.84 Å². The van der Waals surface area contributed by atoms with Gasteiger partial charge in [-0.05, 0) is 32.8 Å². The molecule has 0 saturated heterocycles. The molecule has 1 aromatic rings. The minimum absolute atomic E-state index is 0.466. The van der Waals surface area contributed by atoms with Crippen LogP contribution in [0.3, 0.4) is 0 Å². The molecule has 1 rings (SSSR count). The third kappa shape index (κ3) is 8.46. The van der Waals surface area contributed by atoms with Crippen LogP contribution in [0.4, 0.5) is 4.79 Å². The van der Waals surface area contributed by atoms with Crippen molar-refractivity contribution in [1.29, 1.82) is 0 Å². The van der Waals surface area contributed by atoms with E-state index in [1.54, 1.807) is 20.8 Å². The first kappa shape index (κ1) is 18.2. The minimum Gasteiger partial charge on any atom is -0.444 e. The molecule has 0 aliphatic rings. The number of rotatable bonds is 5. The van der Waals surface area contributed by atoms with Crippen molar-refractivity contribution in [2.45, 2.75) is 38.8 Å². The van der Waals surface area contributed by atoms with Crippen molar-refractivity contribution in [3.8, 4) is 0 Å². The Labute approximate surface area is 132 Å². The predicted octanol–water partition coefficient (Wildman–Crippen LogP) is 2.68. The molecule has 1 aromatic carbocycles. The lowest BCUT2D eigenvalue weighted by Crippen LogP contribution is -2.39. The van der Waals surface area contributed by atoms with Crippen molar-refractivity contribution in [1.82, 2.24) is 5.32 Å². The number of hydrogen-bond acceptors (Lipinski definition) is 4. The molecule has 6 heteroatoms. The largest absolute Gasteiger partial charge is 0.444 e. The standard InChI is InChI=1S/C16H23NO4S/c1-16(2,3)21-15(18)17-14(10-11-22(4,19)20)12-13-8-6-5-7-9-13/h5-11,14H,12H2,1-4H3,(H,17,18)/b11-10+/t14-/m1/s1. The highest BCUT2D eigenvalue weighted by molar-refractivity contribution is 7.93. The van der Waals surface area contributed by atoms with Gasteiger partial charge in [-0.2, -0.15) is 0 Å². The third-order valence-corrected chi connectivity index (χ3v) is 3.21. The van der Waals surface area contributed by atoms with Crippen molar-refractivity contribution < 1.29 is 17.9 Å². The van der Waals surface area contributed by atoms with Crippen LogP contribution in [0.2, 0.25) is 0 Å². The number of alkyl carbamates (subject to hydrolysis) is 1. The summed E-state index contributed by atoms with van der Waals surface area (Å²) in [6.07, 6.45) is 2.47. The van der Waals surface area contributed by atoms with Gasteiger partial charge < -0.3 is 10.1 Å². The Morgan fingerprint density at radius 1 is 1.27 bits per heavy atom. The number of nitrogens with one attached hydrogen (secondary N) is 1. The number of carbonyl (C=O) groups is 1. The summed E-state index contributed by atoms with van der Waals surface area (Å²) in [6.45, 7) is 5.31. The van der Waals surface area contributed by atoms with Crippen LogP contribution in [-0.2, 0) is 21.0 Å². The van der Waals surface area contributed by atoms with Gasteiger partial charge in [0.2, 0.25) is 0 Å². The number of benzene rings is 1. The average Bonchev–Trinajstić information content (AvgIpc) is 2.34. The quantitative estimate of drug-likeness (QED) is 0.903. The monoisotopic (exact) mass is 325 g/mol. The van der Waals surface area contributed by atoms with Gasteiger partial charge in [0.25, 0.3) is 0 Å². The molecule has 1 atom stereocenters. The first-order valence-corrected chi connectivity index (χ1v) is 8.92. The summed E-state index contributed by atoms with van der Waals surface area (Å²) < 4.78 is 27.7. The van der Waals surface area contributed by atoms with Gasteiger partial charge in [-0.25, -0.2) is 13.2 Å². The number of ether oxygens (including phenoxy) is 1. The molecule has 0 spiro atoms. The summed E-state index contributed by atoms with van der Waals surface area (Å²) in [5, 5.41) is 3.78. The zero-order chi connectivity index (χ0) is 16.8. The Bertz CT molecular complexity index is 615. The fourth-order valence-corrected chi connectivity index (χ4v) is 2.21. The Kier molecular flexibility index (Phi) is 6.17. The fraction of sp³-hybridized carbons (Fsp3) is 0.438. The summed E-state index contributed by atoms with van der Waals surface area (Å²) in [5.41, 5.74) is 0.378. The molecule has 22 heavy (non-hydrogen) atoms. The second-order valence-electron chi connectivity index (χ2n) is 6.10. The molecular formula is C16H23NO4S. The number of hydrogen-bond donors (Lipinski definition) is 1. The first-order chi connectivity index (χ1) is 10.1. The minimum atomic E-state index is -3.26. The topological polar surface area (TPSA) is 72.5 Å². The summed E-state index contributed by atoms with van der Waals surface area (Å²) in [5.74, 6) is 0. The van der Waals surface area contributed by atoms with E-state index in [0.717, 1.165) is 17.2 Å². The molecule has 0 saturated carbocycles. The second-order valence-corrected chi connectivity index (χ2v) is 8.03. The second kappa shape index (κ2) is 7.45. The summed E-state index contributed by atoms with van der Waals surface area (Å²) in [6, 6.07) is 9.04. The van der Waals surface area contributed by atoms with Gasteiger partial charge in [-0.15, -0.1) is 0 Å². The Morgan fingerprint density at radius 2 is 1.86 bits per heavy atom. The average molecular weight is 325 g/mol. The third-order valence-electron chi connectivity index (χ3n) is 2.56. The highest BCUT2D eigenvalue weighted by atomic mass is 32.2. The normalized spacial score (nSPS) is 13.8. The van der Waals surface area contributed by atoms with E-state index in [-0.39, 0.29) is 0 Å². The predicted molar refractivity (Wildman–Crippen MR) is 87.3 cm³/mol. The van der Waals surface area contributed by atoms with Crippen LogP contribution < -0.4 is 5.32 Å². The van der Waals surface area contributed by atoms with Crippen LogP contribution in [0.1, 0.15) is 26.3 Å². The molecule has 122 valence electrons. The number of carbonyl (C=O) groups excluding carboxylic acids is 1. The lowest BCUT2D eigenvalue weighted by molar-refractivity contribution is 0.0514. The van der Waals surface area contributed by atoms with Gasteiger partial charge in [0, 0.05) is 11.7 Å². The Balaban J connectivity index is 2.82.